The highest BCUT2D eigenvalue weighted by atomic mass is 32.2. The Kier molecular flexibility index (Phi) is 2.88. The van der Waals surface area contributed by atoms with E-state index in [1.165, 1.54) is 0 Å². The number of hydrogen-bond donors (Lipinski definition) is 1. The van der Waals surface area contributed by atoms with E-state index in [-0.39, 0.29) is 11.5 Å². The number of sulfone groups is 1. The molecule has 2 aromatic heterocycles. The van der Waals surface area contributed by atoms with Crippen molar-refractivity contribution in [2.75, 3.05) is 11.5 Å². The number of rotatable bonds is 2. The van der Waals surface area contributed by atoms with Gasteiger partial charge in [0.05, 0.1) is 22.7 Å². The maximum absolute atomic E-state index is 11.9. The van der Waals surface area contributed by atoms with Crippen LogP contribution in [0.3, 0.4) is 0 Å². The molecule has 20 heavy (non-hydrogen) atoms. The van der Waals surface area contributed by atoms with Gasteiger partial charge in [-0.25, -0.2) is 8.42 Å². The Labute approximate surface area is 122 Å². The van der Waals surface area contributed by atoms with Crippen LogP contribution in [-0.4, -0.2) is 39.3 Å². The van der Waals surface area contributed by atoms with Crippen LogP contribution in [0.2, 0.25) is 0 Å². The average Bonchev–Trinajstić information content (AvgIpc) is 2.93. The zero-order valence-electron chi connectivity index (χ0n) is 11.8. The minimum atomic E-state index is -2.99. The van der Waals surface area contributed by atoms with E-state index in [9.17, 15) is 8.42 Å². The summed E-state index contributed by atoms with van der Waals surface area (Å²) in [5, 5.41) is 4.48. The van der Waals surface area contributed by atoms with Gasteiger partial charge in [0.2, 0.25) is 0 Å². The van der Waals surface area contributed by atoms with Crippen molar-refractivity contribution in [3.63, 3.8) is 0 Å². The van der Waals surface area contributed by atoms with Gasteiger partial charge in [-0.3, -0.25) is 9.25 Å². The SMILES string of the molecule is CCc1nn(C)c2c1[nH]c(=S)n2C1(C)CCS(=O)(=O)C1. The van der Waals surface area contributed by atoms with Crippen LogP contribution in [0.25, 0.3) is 11.2 Å². The highest BCUT2D eigenvalue weighted by Gasteiger charge is 2.41. The smallest absolute Gasteiger partial charge is 0.179 e. The van der Waals surface area contributed by atoms with Crippen molar-refractivity contribution in [1.29, 1.82) is 0 Å². The molecule has 0 radical (unpaired) electrons. The van der Waals surface area contributed by atoms with E-state index in [1.807, 2.05) is 25.5 Å². The van der Waals surface area contributed by atoms with Crippen molar-refractivity contribution in [2.45, 2.75) is 32.2 Å². The predicted octanol–water partition coefficient (Wildman–Crippen LogP) is 1.53. The molecule has 0 amide bonds. The third-order valence-corrected chi connectivity index (χ3v) is 6.27. The number of fused-ring (bicyclic) bond motifs is 1. The monoisotopic (exact) mass is 314 g/mol. The van der Waals surface area contributed by atoms with E-state index in [2.05, 4.69) is 10.1 Å². The molecule has 110 valence electrons. The Balaban J connectivity index is 2.30. The van der Waals surface area contributed by atoms with Crippen LogP contribution in [0.4, 0.5) is 0 Å². The Bertz CT molecular complexity index is 843. The summed E-state index contributed by atoms with van der Waals surface area (Å²) in [4.78, 5) is 3.20. The first kappa shape index (κ1) is 13.8. The molecule has 3 heterocycles. The molecule has 1 unspecified atom stereocenters. The highest BCUT2D eigenvalue weighted by molar-refractivity contribution is 7.91. The fraction of sp³-hybridized carbons (Fsp3) is 0.667. The van der Waals surface area contributed by atoms with Gasteiger partial charge in [0.25, 0.3) is 0 Å². The molecule has 0 spiro atoms. The number of aromatic nitrogens is 4. The lowest BCUT2D eigenvalue weighted by Crippen LogP contribution is -2.32. The van der Waals surface area contributed by atoms with Crippen molar-refractivity contribution in [1.82, 2.24) is 19.3 Å². The molecule has 6 nitrogen and oxygen atoms in total. The third kappa shape index (κ3) is 1.85. The van der Waals surface area contributed by atoms with Crippen LogP contribution in [0.5, 0.6) is 0 Å². The Morgan fingerprint density at radius 1 is 1.50 bits per heavy atom. The summed E-state index contributed by atoms with van der Waals surface area (Å²) >= 11 is 5.43. The first-order valence-electron chi connectivity index (χ1n) is 6.65. The summed E-state index contributed by atoms with van der Waals surface area (Å²) in [6.07, 6.45) is 1.39. The molecule has 1 N–H and O–H groups in total. The van der Waals surface area contributed by atoms with Gasteiger partial charge in [-0.2, -0.15) is 5.10 Å². The standard InChI is InChI=1S/C12H18N4O2S2/c1-4-8-9-10(15(3)14-8)16(11(19)13-9)12(2)5-6-20(17,18)7-12/h4-7H2,1-3H3,(H,13,19). The number of aromatic amines is 1. The minimum Gasteiger partial charge on any atom is -0.328 e. The van der Waals surface area contributed by atoms with E-state index in [1.54, 1.807) is 4.68 Å². The van der Waals surface area contributed by atoms with Crippen molar-refractivity contribution < 1.29 is 8.42 Å². The average molecular weight is 314 g/mol. The van der Waals surface area contributed by atoms with Crippen LogP contribution in [0, 0.1) is 4.77 Å². The first-order valence-corrected chi connectivity index (χ1v) is 8.88. The fourth-order valence-electron chi connectivity index (χ4n) is 3.13. The van der Waals surface area contributed by atoms with Crippen molar-refractivity contribution in [3.05, 3.63) is 10.5 Å². The molecule has 0 aliphatic carbocycles. The molecule has 3 rings (SSSR count). The molecule has 1 fully saturated rings. The molecule has 0 aromatic carbocycles. The zero-order valence-corrected chi connectivity index (χ0v) is 13.4. The molecular weight excluding hydrogens is 296 g/mol. The quantitative estimate of drug-likeness (QED) is 0.853. The number of nitrogens with one attached hydrogen (secondary N) is 1. The van der Waals surface area contributed by atoms with E-state index >= 15 is 0 Å². The van der Waals surface area contributed by atoms with Gasteiger partial charge in [-0.1, -0.05) is 6.92 Å². The molecule has 1 aliphatic heterocycles. The van der Waals surface area contributed by atoms with Gasteiger partial charge in [0, 0.05) is 7.05 Å². The van der Waals surface area contributed by atoms with Crippen LogP contribution in [-0.2, 0) is 28.8 Å². The minimum absolute atomic E-state index is 0.133. The molecule has 1 atom stereocenters. The maximum atomic E-state index is 11.9. The van der Waals surface area contributed by atoms with Crippen LogP contribution in [0.15, 0.2) is 0 Å². The molecule has 8 heteroatoms. The van der Waals surface area contributed by atoms with E-state index < -0.39 is 15.4 Å². The molecular formula is C12H18N4O2S2. The lowest BCUT2D eigenvalue weighted by molar-refractivity contribution is 0.366. The third-order valence-electron chi connectivity index (χ3n) is 4.09. The second-order valence-electron chi connectivity index (χ2n) is 5.73. The summed E-state index contributed by atoms with van der Waals surface area (Å²) in [6.45, 7) is 4.00. The topological polar surface area (TPSA) is 72.7 Å². The Hall–Kier alpha value is -1.15. The van der Waals surface area contributed by atoms with Crippen molar-refractivity contribution in [3.8, 4) is 0 Å². The summed E-state index contributed by atoms with van der Waals surface area (Å²) in [5.41, 5.74) is 2.27. The lowest BCUT2D eigenvalue weighted by Gasteiger charge is -2.24. The number of hydrogen-bond acceptors (Lipinski definition) is 4. The molecule has 0 saturated carbocycles. The van der Waals surface area contributed by atoms with Gasteiger partial charge in [0.1, 0.15) is 5.52 Å². The van der Waals surface area contributed by atoms with Gasteiger partial charge in [0.15, 0.2) is 20.3 Å². The lowest BCUT2D eigenvalue weighted by atomic mass is 10.0. The molecule has 1 saturated heterocycles. The van der Waals surface area contributed by atoms with E-state index in [0.717, 1.165) is 23.3 Å². The van der Waals surface area contributed by atoms with E-state index in [4.69, 9.17) is 12.2 Å². The second-order valence-corrected chi connectivity index (χ2v) is 8.30. The van der Waals surface area contributed by atoms with Crippen molar-refractivity contribution in [2.24, 2.45) is 7.05 Å². The number of H-pyrrole nitrogens is 1. The van der Waals surface area contributed by atoms with Crippen LogP contribution in [0.1, 0.15) is 26.0 Å². The van der Waals surface area contributed by atoms with Crippen LogP contribution >= 0.6 is 12.2 Å². The predicted molar refractivity (Wildman–Crippen MR) is 80.2 cm³/mol. The highest BCUT2D eigenvalue weighted by Crippen LogP contribution is 2.34. The summed E-state index contributed by atoms with van der Waals surface area (Å²) in [6, 6.07) is 0. The van der Waals surface area contributed by atoms with Gasteiger partial charge in [-0.05, 0) is 32.0 Å². The maximum Gasteiger partial charge on any atom is 0.179 e. The molecule has 0 bridgehead atoms. The number of nitrogens with zero attached hydrogens (tertiary/aromatic N) is 3. The summed E-state index contributed by atoms with van der Waals surface area (Å²) in [5.74, 6) is 0.352. The van der Waals surface area contributed by atoms with Gasteiger partial charge in [-0.15, -0.1) is 0 Å². The van der Waals surface area contributed by atoms with Gasteiger partial charge < -0.3 is 4.98 Å². The van der Waals surface area contributed by atoms with Gasteiger partial charge >= 0.3 is 0 Å². The Morgan fingerprint density at radius 3 is 2.75 bits per heavy atom. The Morgan fingerprint density at radius 2 is 2.20 bits per heavy atom. The largest absolute Gasteiger partial charge is 0.328 e. The summed E-state index contributed by atoms with van der Waals surface area (Å²) < 4.78 is 28.0. The van der Waals surface area contributed by atoms with Crippen molar-refractivity contribution >= 4 is 33.2 Å². The fourth-order valence-corrected chi connectivity index (χ4v) is 5.66. The second kappa shape index (κ2) is 4.17. The molecule has 1 aliphatic rings. The zero-order chi connectivity index (χ0) is 14.7. The molecule has 2 aromatic rings. The number of aryl methyl sites for hydroxylation is 2. The van der Waals surface area contributed by atoms with E-state index in [0.29, 0.717) is 11.2 Å². The van der Waals surface area contributed by atoms with Crippen LogP contribution < -0.4 is 0 Å². The normalized spacial score (nSPS) is 25.6. The number of imidazole rings is 1. The first-order chi connectivity index (χ1) is 9.27. The summed E-state index contributed by atoms with van der Waals surface area (Å²) in [7, 11) is -1.12.